The second-order valence-electron chi connectivity index (χ2n) is 6.80. The molecule has 0 atom stereocenters. The number of fused-ring (bicyclic) bond motifs is 1. The smallest absolute Gasteiger partial charge is 0.280 e. The Morgan fingerprint density at radius 2 is 2.04 bits per heavy atom. The highest BCUT2D eigenvalue weighted by Gasteiger charge is 2.20. The standard InChI is InChI=1S/C21H22FN3O2S/c1-14-6-7-17(25-10-12-27-13-11-25)19-18(14)24-21(28-19)20(26)23-9-8-15-4-2-3-5-16(15)22/h2-7H,8-13H2,1H3,(H,23,26). The molecule has 4 rings (SSSR count). The Morgan fingerprint density at radius 3 is 2.82 bits per heavy atom. The molecular formula is C21H22FN3O2S. The monoisotopic (exact) mass is 399 g/mol. The van der Waals surface area contributed by atoms with E-state index in [4.69, 9.17) is 4.74 Å². The molecule has 0 bridgehead atoms. The number of morpholine rings is 1. The van der Waals surface area contributed by atoms with Gasteiger partial charge < -0.3 is 15.0 Å². The van der Waals surface area contributed by atoms with Crippen LogP contribution in [0.3, 0.4) is 0 Å². The fourth-order valence-electron chi connectivity index (χ4n) is 3.36. The molecule has 1 N–H and O–H groups in total. The van der Waals surface area contributed by atoms with E-state index in [0.29, 0.717) is 36.8 Å². The quantitative estimate of drug-likeness (QED) is 0.713. The van der Waals surface area contributed by atoms with E-state index >= 15 is 0 Å². The highest BCUT2D eigenvalue weighted by molar-refractivity contribution is 7.21. The van der Waals surface area contributed by atoms with Gasteiger partial charge in [-0.15, -0.1) is 11.3 Å². The van der Waals surface area contributed by atoms with Gasteiger partial charge in [0.2, 0.25) is 0 Å². The fraction of sp³-hybridized carbons (Fsp3) is 0.333. The molecule has 2 heterocycles. The van der Waals surface area contributed by atoms with Crippen LogP contribution in [0.2, 0.25) is 0 Å². The van der Waals surface area contributed by atoms with E-state index in [1.807, 2.05) is 13.0 Å². The number of benzene rings is 2. The van der Waals surface area contributed by atoms with Crippen LogP contribution in [0.15, 0.2) is 36.4 Å². The molecule has 3 aromatic rings. The molecule has 146 valence electrons. The molecule has 0 saturated carbocycles. The number of halogens is 1. The molecule has 28 heavy (non-hydrogen) atoms. The summed E-state index contributed by atoms with van der Waals surface area (Å²) in [6, 6.07) is 10.8. The van der Waals surface area contributed by atoms with E-state index in [9.17, 15) is 9.18 Å². The molecular weight excluding hydrogens is 377 g/mol. The lowest BCUT2D eigenvalue weighted by molar-refractivity contribution is 0.0954. The van der Waals surface area contributed by atoms with Crippen molar-refractivity contribution in [1.82, 2.24) is 10.3 Å². The van der Waals surface area contributed by atoms with E-state index in [1.54, 1.807) is 18.2 Å². The minimum absolute atomic E-state index is 0.218. The number of hydrogen-bond acceptors (Lipinski definition) is 5. The lowest BCUT2D eigenvalue weighted by Crippen LogP contribution is -2.36. The topological polar surface area (TPSA) is 54.5 Å². The molecule has 2 aromatic carbocycles. The summed E-state index contributed by atoms with van der Waals surface area (Å²) in [7, 11) is 0. The third-order valence-electron chi connectivity index (χ3n) is 4.91. The summed E-state index contributed by atoms with van der Waals surface area (Å²) in [6.45, 7) is 5.45. The number of hydrogen-bond donors (Lipinski definition) is 1. The number of aryl methyl sites for hydroxylation is 1. The molecule has 0 unspecified atom stereocenters. The Hall–Kier alpha value is -2.51. The first-order valence-electron chi connectivity index (χ1n) is 9.38. The van der Waals surface area contributed by atoms with Crippen molar-refractivity contribution in [3.63, 3.8) is 0 Å². The van der Waals surface area contributed by atoms with Crippen LogP contribution < -0.4 is 10.2 Å². The molecule has 1 aliphatic rings. The number of aromatic nitrogens is 1. The van der Waals surface area contributed by atoms with Crippen LogP contribution in [-0.2, 0) is 11.2 Å². The van der Waals surface area contributed by atoms with Crippen LogP contribution in [0.5, 0.6) is 0 Å². The van der Waals surface area contributed by atoms with Crippen LogP contribution in [0.25, 0.3) is 10.2 Å². The lowest BCUT2D eigenvalue weighted by atomic mass is 10.1. The number of ether oxygens (including phenoxy) is 1. The van der Waals surface area contributed by atoms with Gasteiger partial charge >= 0.3 is 0 Å². The number of carbonyl (C=O) groups excluding carboxylic acids is 1. The number of nitrogens with one attached hydrogen (secondary N) is 1. The zero-order chi connectivity index (χ0) is 19.5. The largest absolute Gasteiger partial charge is 0.378 e. The highest BCUT2D eigenvalue weighted by Crippen LogP contribution is 2.34. The first-order chi connectivity index (χ1) is 13.6. The minimum atomic E-state index is -0.248. The number of amides is 1. The summed E-state index contributed by atoms with van der Waals surface area (Å²) in [5, 5.41) is 3.30. The predicted octanol–water partition coefficient (Wildman–Crippen LogP) is 3.55. The molecule has 1 saturated heterocycles. The summed E-state index contributed by atoms with van der Waals surface area (Å²) in [5.41, 5.74) is 3.62. The van der Waals surface area contributed by atoms with E-state index in [-0.39, 0.29) is 11.7 Å². The van der Waals surface area contributed by atoms with Gasteiger partial charge in [-0.1, -0.05) is 24.3 Å². The van der Waals surface area contributed by atoms with E-state index in [0.717, 1.165) is 34.6 Å². The number of rotatable bonds is 5. The Labute approximate surface area is 167 Å². The van der Waals surface area contributed by atoms with Crippen molar-refractivity contribution < 1.29 is 13.9 Å². The highest BCUT2D eigenvalue weighted by atomic mass is 32.1. The van der Waals surface area contributed by atoms with Gasteiger partial charge in [-0.3, -0.25) is 4.79 Å². The first-order valence-corrected chi connectivity index (χ1v) is 10.2. The van der Waals surface area contributed by atoms with Gasteiger partial charge in [0, 0.05) is 19.6 Å². The molecule has 7 heteroatoms. The van der Waals surface area contributed by atoms with Crippen LogP contribution in [0.4, 0.5) is 10.1 Å². The van der Waals surface area contributed by atoms with Crippen molar-refractivity contribution in [2.45, 2.75) is 13.3 Å². The summed E-state index contributed by atoms with van der Waals surface area (Å²) in [5.74, 6) is -0.465. The Bertz CT molecular complexity index is 998. The van der Waals surface area contributed by atoms with Gasteiger partial charge in [-0.2, -0.15) is 0 Å². The van der Waals surface area contributed by atoms with Crippen molar-refractivity contribution in [3.8, 4) is 0 Å². The average Bonchev–Trinajstić information content (AvgIpc) is 3.17. The molecule has 1 amide bonds. The second kappa shape index (κ2) is 8.24. The minimum Gasteiger partial charge on any atom is -0.378 e. The summed E-state index contributed by atoms with van der Waals surface area (Å²) < 4.78 is 20.2. The van der Waals surface area contributed by atoms with Gasteiger partial charge in [-0.05, 0) is 36.6 Å². The van der Waals surface area contributed by atoms with Crippen molar-refractivity contribution in [3.05, 3.63) is 58.3 Å². The maximum atomic E-state index is 13.7. The lowest BCUT2D eigenvalue weighted by Gasteiger charge is -2.29. The van der Waals surface area contributed by atoms with Gasteiger partial charge in [0.15, 0.2) is 5.01 Å². The van der Waals surface area contributed by atoms with Crippen molar-refractivity contribution in [1.29, 1.82) is 0 Å². The van der Waals surface area contributed by atoms with E-state index < -0.39 is 0 Å². The normalized spacial score (nSPS) is 14.4. The van der Waals surface area contributed by atoms with Gasteiger partial charge in [0.25, 0.3) is 5.91 Å². The SMILES string of the molecule is Cc1ccc(N2CCOCC2)c2sc(C(=O)NCCc3ccccc3F)nc12. The van der Waals surface area contributed by atoms with Gasteiger partial charge in [-0.25, -0.2) is 9.37 Å². The second-order valence-corrected chi connectivity index (χ2v) is 7.79. The predicted molar refractivity (Wildman–Crippen MR) is 110 cm³/mol. The maximum Gasteiger partial charge on any atom is 0.280 e. The van der Waals surface area contributed by atoms with Gasteiger partial charge in [0.05, 0.1) is 29.1 Å². The van der Waals surface area contributed by atoms with Crippen LogP contribution in [0.1, 0.15) is 20.9 Å². The first kappa shape index (κ1) is 18.8. The van der Waals surface area contributed by atoms with Crippen molar-refractivity contribution in [2.75, 3.05) is 37.7 Å². The van der Waals surface area contributed by atoms with Crippen LogP contribution in [0, 0.1) is 12.7 Å². The van der Waals surface area contributed by atoms with Crippen molar-refractivity contribution >= 4 is 33.1 Å². The average molecular weight is 399 g/mol. The van der Waals surface area contributed by atoms with E-state index in [2.05, 4.69) is 21.3 Å². The molecule has 1 aromatic heterocycles. The summed E-state index contributed by atoms with van der Waals surface area (Å²) >= 11 is 1.41. The third kappa shape index (κ3) is 3.86. The number of anilines is 1. The number of carbonyl (C=O) groups is 1. The number of thiazole rings is 1. The number of nitrogens with zero attached hydrogens (tertiary/aromatic N) is 2. The van der Waals surface area contributed by atoms with E-state index in [1.165, 1.54) is 17.4 Å². The fourth-order valence-corrected chi connectivity index (χ4v) is 4.46. The molecule has 0 spiro atoms. The maximum absolute atomic E-state index is 13.7. The van der Waals surface area contributed by atoms with Gasteiger partial charge in [0.1, 0.15) is 5.82 Å². The summed E-state index contributed by atoms with van der Waals surface area (Å²) in [4.78, 5) is 19.5. The molecule has 0 radical (unpaired) electrons. The Kier molecular flexibility index (Phi) is 5.54. The molecule has 0 aliphatic carbocycles. The van der Waals surface area contributed by atoms with Crippen LogP contribution >= 0.6 is 11.3 Å². The third-order valence-corrected chi connectivity index (χ3v) is 5.98. The Balaban J connectivity index is 1.51. The zero-order valence-corrected chi connectivity index (χ0v) is 16.5. The van der Waals surface area contributed by atoms with Crippen molar-refractivity contribution in [2.24, 2.45) is 0 Å². The Morgan fingerprint density at radius 1 is 1.25 bits per heavy atom. The van der Waals surface area contributed by atoms with Crippen LogP contribution in [-0.4, -0.2) is 43.7 Å². The molecule has 1 aliphatic heterocycles. The zero-order valence-electron chi connectivity index (χ0n) is 15.7. The molecule has 5 nitrogen and oxygen atoms in total. The molecule has 1 fully saturated rings. The summed E-state index contributed by atoms with van der Waals surface area (Å²) in [6.07, 6.45) is 0.446.